The highest BCUT2D eigenvalue weighted by Gasteiger charge is 2.20. The molecule has 5 rings (SSSR count). The van der Waals surface area contributed by atoms with Gasteiger partial charge in [-0.25, -0.2) is 0 Å². The smallest absolute Gasteiger partial charge is 0.0490 e. The van der Waals surface area contributed by atoms with Crippen molar-refractivity contribution in [1.82, 2.24) is 0 Å². The van der Waals surface area contributed by atoms with Crippen LogP contribution in [0.1, 0.15) is 22.3 Å². The summed E-state index contributed by atoms with van der Waals surface area (Å²) in [5.41, 5.74) is 11.9. The van der Waals surface area contributed by atoms with Gasteiger partial charge in [0, 0.05) is 34.1 Å². The van der Waals surface area contributed by atoms with Crippen molar-refractivity contribution < 1.29 is 0 Å². The lowest BCUT2D eigenvalue weighted by Gasteiger charge is -2.32. The van der Waals surface area contributed by atoms with Crippen LogP contribution in [0.2, 0.25) is 0 Å². The van der Waals surface area contributed by atoms with Crippen molar-refractivity contribution in [2.24, 2.45) is 0 Å². The molecule has 0 aliphatic rings. The molecule has 0 aliphatic heterocycles. The maximum absolute atomic E-state index is 2.38. The van der Waals surface area contributed by atoms with Crippen LogP contribution in [-0.4, -0.2) is 0 Å². The number of anilines is 6. The van der Waals surface area contributed by atoms with Gasteiger partial charge in [0.15, 0.2) is 0 Å². The predicted molar refractivity (Wildman–Crippen MR) is 155 cm³/mol. The van der Waals surface area contributed by atoms with Gasteiger partial charge >= 0.3 is 0 Å². The minimum absolute atomic E-state index is 1.13. The van der Waals surface area contributed by atoms with E-state index < -0.39 is 0 Å². The van der Waals surface area contributed by atoms with E-state index >= 15 is 0 Å². The van der Waals surface area contributed by atoms with Gasteiger partial charge in [0.1, 0.15) is 0 Å². The van der Waals surface area contributed by atoms with E-state index in [1.54, 1.807) is 0 Å². The van der Waals surface area contributed by atoms with E-state index in [0.29, 0.717) is 0 Å². The van der Waals surface area contributed by atoms with Crippen LogP contribution in [0.5, 0.6) is 0 Å². The first-order valence-corrected chi connectivity index (χ1v) is 12.5. The first-order chi connectivity index (χ1) is 17.5. The lowest BCUT2D eigenvalue weighted by Crippen LogP contribution is -2.15. The topological polar surface area (TPSA) is 6.48 Å². The van der Waals surface area contributed by atoms with Crippen LogP contribution in [-0.2, 0) is 0 Å². The van der Waals surface area contributed by atoms with Crippen molar-refractivity contribution in [2.75, 3.05) is 9.80 Å². The van der Waals surface area contributed by atoms with Crippen molar-refractivity contribution >= 4 is 34.1 Å². The molecular formula is C34H32N2. The number of rotatable bonds is 6. The highest BCUT2D eigenvalue weighted by Crippen LogP contribution is 2.43. The van der Waals surface area contributed by atoms with Gasteiger partial charge in [-0.3, -0.25) is 0 Å². The summed E-state index contributed by atoms with van der Waals surface area (Å²) in [5, 5.41) is 0. The molecule has 0 aromatic heterocycles. The Morgan fingerprint density at radius 2 is 0.611 bits per heavy atom. The number of hydrogen-bond donors (Lipinski definition) is 0. The van der Waals surface area contributed by atoms with Crippen molar-refractivity contribution in [2.45, 2.75) is 27.7 Å². The Morgan fingerprint density at radius 1 is 0.333 bits per heavy atom. The standard InChI is InChI=1S/C34H32N2/c1-25-14-5-9-20-31(25)35(32-21-10-6-15-26(32)2)29-18-13-19-30(24-29)36(33-22-11-7-16-27(33)3)34-23-12-8-17-28(34)4/h5-24H,1-4H3. The zero-order chi connectivity index (χ0) is 25.1. The van der Waals surface area contributed by atoms with Crippen LogP contribution in [0.3, 0.4) is 0 Å². The number of nitrogens with zero attached hydrogens (tertiary/aromatic N) is 2. The van der Waals surface area contributed by atoms with E-state index in [-0.39, 0.29) is 0 Å². The molecule has 0 aliphatic carbocycles. The molecule has 2 heteroatoms. The van der Waals surface area contributed by atoms with Crippen LogP contribution in [0.25, 0.3) is 0 Å². The Kier molecular flexibility index (Phi) is 6.60. The first kappa shape index (κ1) is 23.4. The molecule has 178 valence electrons. The van der Waals surface area contributed by atoms with E-state index in [9.17, 15) is 0 Å². The maximum atomic E-state index is 2.38. The number of para-hydroxylation sites is 4. The molecule has 0 fully saturated rings. The number of benzene rings is 5. The van der Waals surface area contributed by atoms with Gasteiger partial charge in [-0.2, -0.15) is 0 Å². The fourth-order valence-corrected chi connectivity index (χ4v) is 4.84. The fraction of sp³-hybridized carbons (Fsp3) is 0.118. The minimum Gasteiger partial charge on any atom is -0.310 e. The summed E-state index contributed by atoms with van der Waals surface area (Å²) in [6, 6.07) is 43.3. The zero-order valence-corrected chi connectivity index (χ0v) is 21.4. The molecule has 2 nitrogen and oxygen atoms in total. The minimum atomic E-state index is 1.13. The van der Waals surface area contributed by atoms with Gasteiger partial charge in [-0.1, -0.05) is 78.9 Å². The maximum Gasteiger partial charge on any atom is 0.0490 e. The Bertz CT molecular complexity index is 1300. The summed E-state index contributed by atoms with van der Waals surface area (Å²) in [5.74, 6) is 0. The van der Waals surface area contributed by atoms with Gasteiger partial charge in [0.05, 0.1) is 0 Å². The predicted octanol–water partition coefficient (Wildman–Crippen LogP) is 9.86. The molecule has 0 saturated carbocycles. The number of hydrogen-bond acceptors (Lipinski definition) is 2. The molecule has 5 aromatic rings. The van der Waals surface area contributed by atoms with E-state index in [2.05, 4.69) is 159 Å². The third-order valence-corrected chi connectivity index (χ3v) is 6.77. The highest BCUT2D eigenvalue weighted by atomic mass is 15.2. The van der Waals surface area contributed by atoms with Gasteiger partial charge < -0.3 is 9.80 Å². The van der Waals surface area contributed by atoms with Crippen molar-refractivity contribution in [1.29, 1.82) is 0 Å². The molecule has 0 amide bonds. The Hall–Kier alpha value is -4.30. The third kappa shape index (κ3) is 4.50. The molecule has 0 heterocycles. The van der Waals surface area contributed by atoms with Crippen LogP contribution in [0.15, 0.2) is 121 Å². The first-order valence-electron chi connectivity index (χ1n) is 12.5. The van der Waals surface area contributed by atoms with Crippen LogP contribution in [0.4, 0.5) is 34.1 Å². The number of aryl methyl sites for hydroxylation is 4. The second kappa shape index (κ2) is 10.1. The summed E-state index contributed by atoms with van der Waals surface area (Å²) < 4.78 is 0. The average molecular weight is 469 g/mol. The lowest BCUT2D eigenvalue weighted by molar-refractivity contribution is 1.20. The van der Waals surface area contributed by atoms with Crippen LogP contribution < -0.4 is 9.80 Å². The van der Waals surface area contributed by atoms with Gasteiger partial charge in [-0.05, 0) is 92.4 Å². The van der Waals surface area contributed by atoms with Crippen LogP contribution in [0, 0.1) is 27.7 Å². The van der Waals surface area contributed by atoms with Gasteiger partial charge in [-0.15, -0.1) is 0 Å². The molecular weight excluding hydrogens is 436 g/mol. The molecule has 5 aromatic carbocycles. The Labute approximate surface area is 215 Å². The largest absolute Gasteiger partial charge is 0.310 e. The summed E-state index contributed by atoms with van der Waals surface area (Å²) in [4.78, 5) is 4.75. The van der Waals surface area contributed by atoms with E-state index in [1.807, 2.05) is 0 Å². The summed E-state index contributed by atoms with van der Waals surface area (Å²) >= 11 is 0. The van der Waals surface area contributed by atoms with E-state index in [1.165, 1.54) is 45.0 Å². The normalized spacial score (nSPS) is 10.8. The van der Waals surface area contributed by atoms with Gasteiger partial charge in [0.25, 0.3) is 0 Å². The molecule has 36 heavy (non-hydrogen) atoms. The SMILES string of the molecule is Cc1ccccc1N(c1cccc(N(c2ccccc2C)c2ccccc2C)c1)c1ccccc1C. The molecule has 0 atom stereocenters. The van der Waals surface area contributed by atoms with Crippen molar-refractivity contribution in [3.63, 3.8) is 0 Å². The lowest BCUT2D eigenvalue weighted by atomic mass is 10.1. The Balaban J connectivity index is 1.73. The van der Waals surface area contributed by atoms with E-state index in [4.69, 9.17) is 0 Å². The summed E-state index contributed by atoms with van der Waals surface area (Å²) in [6.07, 6.45) is 0. The van der Waals surface area contributed by atoms with Gasteiger partial charge in [0.2, 0.25) is 0 Å². The van der Waals surface area contributed by atoms with Crippen molar-refractivity contribution in [3.05, 3.63) is 144 Å². The second-order valence-electron chi connectivity index (χ2n) is 9.34. The second-order valence-corrected chi connectivity index (χ2v) is 9.34. The molecule has 0 saturated heterocycles. The summed E-state index contributed by atoms with van der Waals surface area (Å²) in [6.45, 7) is 8.71. The average Bonchev–Trinajstić information content (AvgIpc) is 2.89. The highest BCUT2D eigenvalue weighted by molar-refractivity contribution is 5.85. The fourth-order valence-electron chi connectivity index (χ4n) is 4.84. The quantitative estimate of drug-likeness (QED) is 0.245. The molecule has 0 bridgehead atoms. The van der Waals surface area contributed by atoms with E-state index in [0.717, 1.165) is 11.4 Å². The summed E-state index contributed by atoms with van der Waals surface area (Å²) in [7, 11) is 0. The van der Waals surface area contributed by atoms with Crippen LogP contribution >= 0.6 is 0 Å². The molecule has 0 spiro atoms. The monoisotopic (exact) mass is 468 g/mol. The Morgan fingerprint density at radius 3 is 0.889 bits per heavy atom. The van der Waals surface area contributed by atoms with Crippen molar-refractivity contribution in [3.8, 4) is 0 Å². The molecule has 0 unspecified atom stereocenters. The zero-order valence-electron chi connectivity index (χ0n) is 21.4. The molecule has 0 N–H and O–H groups in total. The molecule has 0 radical (unpaired) electrons. The third-order valence-electron chi connectivity index (χ3n) is 6.77.